The highest BCUT2D eigenvalue weighted by Crippen LogP contribution is 2.26. The summed E-state index contributed by atoms with van der Waals surface area (Å²) in [6.45, 7) is 102. The Kier molecular flexibility index (Phi) is 101. The summed E-state index contributed by atoms with van der Waals surface area (Å²) >= 11 is 0. The maximum Gasteiger partial charge on any atom is 0.0684 e. The number of nitrogens with one attached hydrogen (secondary N) is 2. The zero-order chi connectivity index (χ0) is 82.4. The summed E-state index contributed by atoms with van der Waals surface area (Å²) in [5.74, 6) is 0. The summed E-state index contributed by atoms with van der Waals surface area (Å²) in [6, 6.07) is 39.2. The summed E-state index contributed by atoms with van der Waals surface area (Å²) < 4.78 is 0. The van der Waals surface area contributed by atoms with Gasteiger partial charge in [-0.05, 0) is 92.9 Å². The number of aromatic nitrogens is 9. The fraction of sp³-hybridized carbons (Fsp3) is 0.615. The van der Waals surface area contributed by atoms with Gasteiger partial charge < -0.3 is 4.98 Å². The summed E-state index contributed by atoms with van der Waals surface area (Å²) in [4.78, 5) is 11.7. The molecular weight excluding hydrogens is 1220 g/mol. The van der Waals surface area contributed by atoms with Crippen molar-refractivity contribution in [3.8, 4) is 0 Å². The molecule has 0 radical (unpaired) electrons. The maximum absolute atomic E-state index is 4.25. The van der Waals surface area contributed by atoms with Crippen molar-refractivity contribution in [3.05, 3.63) is 198 Å². The molecule has 0 bridgehead atoms. The monoisotopic (exact) mass is 1390 g/mol. The molecule has 0 atom stereocenters. The van der Waals surface area contributed by atoms with Crippen molar-refractivity contribution in [1.82, 2.24) is 45.5 Å². The van der Waals surface area contributed by atoms with E-state index in [1.165, 1.54) is 39.0 Å². The second-order valence-electron chi connectivity index (χ2n) is 25.1. The lowest BCUT2D eigenvalue weighted by Crippen LogP contribution is -2.13. The third-order valence-electron chi connectivity index (χ3n) is 11.0. The van der Waals surface area contributed by atoms with Crippen LogP contribution in [0.1, 0.15) is 379 Å². The number of rotatable bonds is 0. The maximum atomic E-state index is 4.25. The van der Waals surface area contributed by atoms with Gasteiger partial charge in [0.15, 0.2) is 0 Å². The van der Waals surface area contributed by atoms with Crippen LogP contribution in [0.5, 0.6) is 0 Å². The van der Waals surface area contributed by atoms with E-state index in [1.54, 1.807) is 31.0 Å². The minimum absolute atomic E-state index is 0.119. The van der Waals surface area contributed by atoms with E-state index in [0.29, 0.717) is 5.41 Å². The van der Waals surface area contributed by atoms with Crippen LogP contribution in [0.2, 0.25) is 0 Å². The van der Waals surface area contributed by atoms with Crippen LogP contribution in [-0.2, 0) is 37.9 Å². The molecule has 584 valence electrons. The smallest absolute Gasteiger partial charge is 0.0684 e. The number of aromatic amines is 2. The fourth-order valence-corrected chi connectivity index (χ4v) is 6.14. The Hall–Kier alpha value is -6.35. The third-order valence-corrected chi connectivity index (χ3v) is 11.0. The number of hydrogen-bond acceptors (Lipinski definition) is 7. The molecule has 8 aromatic rings. The van der Waals surface area contributed by atoms with E-state index >= 15 is 0 Å². The first kappa shape index (κ1) is 124. The first-order valence-electron chi connectivity index (χ1n) is 39.2. The Balaban J connectivity index is -0.0000000758. The quantitative estimate of drug-likeness (QED) is 0.155. The SMILES string of the molecule is CC.CC.CC.CC.CC.CC.CC.CC.CC.CC.CC.CC.CC.CC.CC(C)(C)c1cc2ccccc2[nH]1.CC(C)(C)c1ccccc1.CC(C)(C)c1ccccn1.CC(C)(C)c1cccnc1.CC(C)(C)c1cccnn1.CC(C)(C)c1ccn[nH]1.CC(C)(C)c1ccnnc1. The second kappa shape index (κ2) is 81.6. The average Bonchev–Trinajstić information content (AvgIpc) is 1.68. The predicted octanol–water partition coefficient (Wildman–Crippen LogP) is 30.8. The van der Waals surface area contributed by atoms with Crippen LogP contribution in [0.4, 0.5) is 0 Å². The molecule has 9 heteroatoms. The van der Waals surface area contributed by atoms with E-state index in [2.05, 4.69) is 264 Å². The molecule has 0 saturated carbocycles. The summed E-state index contributed by atoms with van der Waals surface area (Å²) in [5, 5.41) is 23.4. The van der Waals surface area contributed by atoms with Gasteiger partial charge in [-0.15, -0.1) is 0 Å². The van der Waals surface area contributed by atoms with E-state index in [0.717, 1.165) is 11.4 Å². The first-order valence-corrected chi connectivity index (χ1v) is 39.2. The van der Waals surface area contributed by atoms with Crippen LogP contribution < -0.4 is 0 Å². The normalized spacial score (nSPS) is 9.25. The topological polar surface area (TPSA) is 122 Å². The molecule has 9 nitrogen and oxygen atoms in total. The van der Waals surface area contributed by atoms with E-state index < -0.39 is 0 Å². The lowest BCUT2D eigenvalue weighted by Gasteiger charge is -2.18. The van der Waals surface area contributed by atoms with Crippen LogP contribution in [0, 0.1) is 0 Å². The van der Waals surface area contributed by atoms with Crippen molar-refractivity contribution in [3.63, 3.8) is 0 Å². The number of H-pyrrole nitrogens is 2. The van der Waals surface area contributed by atoms with Crippen molar-refractivity contribution in [2.45, 2.75) is 377 Å². The van der Waals surface area contributed by atoms with Gasteiger partial charge in [-0.2, -0.15) is 25.5 Å². The van der Waals surface area contributed by atoms with Gasteiger partial charge in [0.05, 0.1) is 11.9 Å². The molecule has 2 N–H and O–H groups in total. The van der Waals surface area contributed by atoms with Crippen molar-refractivity contribution in [1.29, 1.82) is 0 Å². The van der Waals surface area contributed by atoms with Gasteiger partial charge in [-0.3, -0.25) is 15.1 Å². The number of hydrogen-bond donors (Lipinski definition) is 2. The highest BCUT2D eigenvalue weighted by Gasteiger charge is 2.18. The predicted molar refractivity (Wildman–Crippen MR) is 466 cm³/mol. The molecule has 100 heavy (non-hydrogen) atoms. The van der Waals surface area contributed by atoms with Crippen LogP contribution in [0.25, 0.3) is 10.9 Å². The molecule has 0 fully saturated rings. The molecule has 0 unspecified atom stereocenters. The molecule has 0 aliphatic carbocycles. The molecular formula is C91H175N9. The molecule has 8 rings (SSSR count). The number of para-hydroxylation sites is 1. The van der Waals surface area contributed by atoms with Gasteiger partial charge in [0.25, 0.3) is 0 Å². The Bertz CT molecular complexity index is 2300. The van der Waals surface area contributed by atoms with Crippen molar-refractivity contribution >= 4 is 10.9 Å². The Labute approximate surface area is 628 Å². The van der Waals surface area contributed by atoms with E-state index in [4.69, 9.17) is 0 Å². The van der Waals surface area contributed by atoms with Crippen molar-refractivity contribution < 1.29 is 0 Å². The molecule has 0 amide bonds. The molecule has 0 aliphatic rings. The van der Waals surface area contributed by atoms with Crippen LogP contribution in [0.3, 0.4) is 0 Å². The number of benzene rings is 2. The van der Waals surface area contributed by atoms with Gasteiger partial charge in [0.1, 0.15) is 0 Å². The number of pyridine rings is 2. The standard InChI is InChI=1S/C12H15N.C10H14.2C9H13N.2C8H12N2.C7H12N2.14C2H6/c1-12(2,3)11-8-9-6-4-5-7-10(9)13-11;1-10(2,3)9-7-5-4-6-8-9;1-9(2,3)8-5-4-6-10-7-8;1-9(2,3)8-6-4-5-7-10-8;1-8(2,3)7-4-5-9-10-6-7;1-8(2,3)7-5-4-6-9-10-7;1-7(2,3)6-4-5-8-9-6;14*1-2/h4-8,13H,1-3H3;4-8H,1-3H3;2*4-7H,1-3H3;2*4-6H,1-3H3;4-5H,1-3H3,(H,8,9);14*1-2H3. The molecule has 0 aliphatic heterocycles. The van der Waals surface area contributed by atoms with Crippen LogP contribution in [0.15, 0.2) is 159 Å². The molecule has 6 aromatic heterocycles. The second-order valence-corrected chi connectivity index (χ2v) is 25.1. The fourth-order valence-electron chi connectivity index (χ4n) is 6.14. The highest BCUT2D eigenvalue weighted by atomic mass is 15.1. The Morgan fingerprint density at radius 2 is 0.640 bits per heavy atom. The van der Waals surface area contributed by atoms with Crippen molar-refractivity contribution in [2.24, 2.45) is 0 Å². The lowest BCUT2D eigenvalue weighted by molar-refractivity contribution is 0.558. The highest BCUT2D eigenvalue weighted by molar-refractivity contribution is 5.80. The zero-order valence-electron chi connectivity index (χ0n) is 76.1. The third kappa shape index (κ3) is 72.9. The van der Waals surface area contributed by atoms with Gasteiger partial charge in [0.2, 0.25) is 0 Å². The minimum atomic E-state index is 0.119. The Morgan fingerprint density at radius 1 is 0.260 bits per heavy atom. The minimum Gasteiger partial charge on any atom is -0.358 e. The van der Waals surface area contributed by atoms with Gasteiger partial charge in [-0.1, -0.05) is 400 Å². The van der Waals surface area contributed by atoms with E-state index in [9.17, 15) is 0 Å². The van der Waals surface area contributed by atoms with Gasteiger partial charge in [-0.25, -0.2) is 0 Å². The van der Waals surface area contributed by atoms with Gasteiger partial charge >= 0.3 is 0 Å². The molecule has 0 saturated heterocycles. The summed E-state index contributed by atoms with van der Waals surface area (Å²) in [6.07, 6.45) is 12.5. The summed E-state index contributed by atoms with van der Waals surface area (Å²) in [7, 11) is 0. The largest absolute Gasteiger partial charge is 0.358 e. The van der Waals surface area contributed by atoms with E-state index in [-0.39, 0.29) is 32.5 Å². The van der Waals surface area contributed by atoms with Crippen LogP contribution in [-0.4, -0.2) is 45.5 Å². The Morgan fingerprint density at radius 3 is 0.890 bits per heavy atom. The van der Waals surface area contributed by atoms with Crippen molar-refractivity contribution in [2.75, 3.05) is 0 Å². The molecule has 6 heterocycles. The molecule has 2 aromatic carbocycles. The number of fused-ring (bicyclic) bond motifs is 1. The van der Waals surface area contributed by atoms with Gasteiger partial charge in [0, 0.05) is 81.4 Å². The molecule has 0 spiro atoms. The van der Waals surface area contributed by atoms with Crippen LogP contribution >= 0.6 is 0 Å². The lowest BCUT2D eigenvalue weighted by atomic mass is 9.87. The van der Waals surface area contributed by atoms with E-state index in [1.807, 2.05) is 249 Å². The summed E-state index contributed by atoms with van der Waals surface area (Å²) in [5.41, 5.74) is 11.2. The first-order chi connectivity index (χ1) is 47.2. The zero-order valence-corrected chi connectivity index (χ0v) is 76.1. The number of nitrogens with zero attached hydrogens (tertiary/aromatic N) is 7. The average molecular weight is 1400 g/mol.